The quantitative estimate of drug-likeness (QED) is 0.368. The van der Waals surface area contributed by atoms with Crippen LogP contribution in [0.4, 0.5) is 14.5 Å². The zero-order valence-electron chi connectivity index (χ0n) is 23.8. The number of nitrogens with one attached hydrogen (secondary N) is 1. The Bertz CT molecular complexity index is 1670. The van der Waals surface area contributed by atoms with E-state index in [0.29, 0.717) is 5.56 Å². The number of halogens is 2. The van der Waals surface area contributed by atoms with Gasteiger partial charge < -0.3 is 14.7 Å². The van der Waals surface area contributed by atoms with E-state index < -0.39 is 49.7 Å². The molecule has 3 aromatic rings. The topological polar surface area (TPSA) is 133 Å². The first kappa shape index (κ1) is 32.3. The molecule has 1 heterocycles. The lowest BCUT2D eigenvalue weighted by atomic mass is 10.0. The van der Waals surface area contributed by atoms with Gasteiger partial charge in [-0.2, -0.15) is 4.31 Å². The van der Waals surface area contributed by atoms with E-state index in [1.807, 2.05) is 0 Å². The number of carbonyl (C=O) groups is 1. The Balaban J connectivity index is 1.68. The third-order valence-electron chi connectivity index (χ3n) is 7.25. The number of aliphatic hydroxyl groups excluding tert-OH is 1. The van der Waals surface area contributed by atoms with Crippen molar-refractivity contribution in [1.29, 1.82) is 0 Å². The van der Waals surface area contributed by atoms with Gasteiger partial charge >= 0.3 is 0 Å². The van der Waals surface area contributed by atoms with Crippen molar-refractivity contribution in [3.05, 3.63) is 83.9 Å². The summed E-state index contributed by atoms with van der Waals surface area (Å²) in [6.45, 7) is 3.18. The fourth-order valence-corrected chi connectivity index (χ4v) is 6.91. The van der Waals surface area contributed by atoms with E-state index in [1.54, 1.807) is 13.8 Å². The zero-order chi connectivity index (χ0) is 31.5. The van der Waals surface area contributed by atoms with Gasteiger partial charge in [-0.3, -0.25) is 9.52 Å². The molecule has 3 atom stereocenters. The number of carbonyl (C=O) groups excluding carboxylic acids is 1. The van der Waals surface area contributed by atoms with Crippen LogP contribution in [-0.4, -0.2) is 75.9 Å². The molecule has 232 valence electrons. The van der Waals surface area contributed by atoms with Gasteiger partial charge in [-0.15, -0.1) is 0 Å². The second-order valence-electron chi connectivity index (χ2n) is 10.5. The summed E-state index contributed by atoms with van der Waals surface area (Å²) in [4.78, 5) is 14.7. The van der Waals surface area contributed by atoms with E-state index in [2.05, 4.69) is 4.72 Å². The van der Waals surface area contributed by atoms with E-state index >= 15 is 0 Å². The minimum atomic E-state index is -4.09. The lowest BCUT2D eigenvalue weighted by molar-refractivity contribution is -0.134. The van der Waals surface area contributed by atoms with Crippen molar-refractivity contribution in [2.45, 2.75) is 42.2 Å². The Morgan fingerprint density at radius 1 is 1.00 bits per heavy atom. The van der Waals surface area contributed by atoms with Gasteiger partial charge in [0.1, 0.15) is 23.5 Å². The van der Waals surface area contributed by atoms with Gasteiger partial charge in [0, 0.05) is 30.8 Å². The first-order valence-corrected chi connectivity index (χ1v) is 16.3. The monoisotopic (exact) mass is 637 g/mol. The maximum atomic E-state index is 13.4. The van der Waals surface area contributed by atoms with Crippen molar-refractivity contribution in [1.82, 2.24) is 9.21 Å². The molecule has 0 bridgehead atoms. The molecule has 4 rings (SSSR count). The fraction of sp³-hybridized carbons (Fsp3) is 0.345. The second kappa shape index (κ2) is 13.0. The van der Waals surface area contributed by atoms with Crippen LogP contribution in [0.15, 0.2) is 76.5 Å². The highest BCUT2D eigenvalue weighted by atomic mass is 32.2. The number of fused-ring (bicyclic) bond motifs is 1. The summed E-state index contributed by atoms with van der Waals surface area (Å²) in [5.41, 5.74) is 0.462. The normalized spacial score (nSPS) is 18.7. The second-order valence-corrected chi connectivity index (χ2v) is 14.2. The first-order chi connectivity index (χ1) is 20.2. The Kier molecular flexibility index (Phi) is 9.74. The maximum Gasteiger partial charge on any atom is 0.261 e. The van der Waals surface area contributed by atoms with Crippen LogP contribution in [0, 0.1) is 17.6 Å². The number of nitrogens with zero attached hydrogens (tertiary/aromatic N) is 2. The lowest BCUT2D eigenvalue weighted by Crippen LogP contribution is -2.48. The number of amides is 1. The Labute approximate surface area is 250 Å². The zero-order valence-corrected chi connectivity index (χ0v) is 25.4. The lowest BCUT2D eigenvalue weighted by Gasteiger charge is -2.33. The molecule has 0 unspecified atom stereocenters. The van der Waals surface area contributed by atoms with Crippen LogP contribution < -0.4 is 9.46 Å². The van der Waals surface area contributed by atoms with Gasteiger partial charge in [0.2, 0.25) is 15.9 Å². The fourth-order valence-electron chi connectivity index (χ4n) is 4.68. The van der Waals surface area contributed by atoms with E-state index in [9.17, 15) is 35.5 Å². The predicted octanol–water partition coefficient (Wildman–Crippen LogP) is 3.24. The SMILES string of the molecule is C[C@H](CO)N1C[C@H](C)[C@@H](CN(C)S(=O)(=O)c2ccc(F)cc2)Oc2ccc(NS(=O)(=O)c3ccc(F)cc3)cc2CC1=O. The van der Waals surface area contributed by atoms with Crippen LogP contribution in [0.25, 0.3) is 0 Å². The number of likely N-dealkylation sites (N-methyl/N-ethyl adjacent to an activating group) is 1. The average molecular weight is 638 g/mol. The Hall–Kier alpha value is -3.59. The molecule has 0 radical (unpaired) electrons. The van der Waals surface area contributed by atoms with Crippen LogP contribution in [0.1, 0.15) is 19.4 Å². The highest BCUT2D eigenvalue weighted by molar-refractivity contribution is 7.92. The minimum absolute atomic E-state index is 0.101. The molecule has 0 fully saturated rings. The van der Waals surface area contributed by atoms with Crippen molar-refractivity contribution in [3.8, 4) is 5.75 Å². The first-order valence-electron chi connectivity index (χ1n) is 13.4. The summed E-state index contributed by atoms with van der Waals surface area (Å²) >= 11 is 0. The molecule has 0 aliphatic carbocycles. The Morgan fingerprint density at radius 2 is 1.58 bits per heavy atom. The molecule has 2 N–H and O–H groups in total. The van der Waals surface area contributed by atoms with Gasteiger partial charge in [-0.25, -0.2) is 25.6 Å². The van der Waals surface area contributed by atoms with E-state index in [-0.39, 0.29) is 53.3 Å². The molecule has 1 amide bonds. The summed E-state index contributed by atoms with van der Waals surface area (Å²) in [6, 6.07) is 12.6. The summed E-state index contributed by atoms with van der Waals surface area (Å²) in [5, 5.41) is 9.84. The van der Waals surface area contributed by atoms with Gasteiger partial charge in [0.25, 0.3) is 10.0 Å². The van der Waals surface area contributed by atoms with Gasteiger partial charge in [-0.05, 0) is 73.7 Å². The standard InChI is InChI=1S/C29H33F2N3O7S2/c1-19-16-34(20(2)18-35)29(36)15-21-14-24(32-42(37,38)25-9-4-22(30)5-10-25)8-13-27(21)41-28(19)17-33(3)43(39,40)26-11-6-23(31)7-12-26/h4-14,19-20,28,32,35H,15-18H2,1-3H3/t19-,20+,28+/m0/s1. The van der Waals surface area contributed by atoms with E-state index in [1.165, 1.54) is 42.3 Å². The largest absolute Gasteiger partial charge is 0.488 e. The van der Waals surface area contributed by atoms with Gasteiger partial charge in [0.15, 0.2) is 0 Å². The molecule has 0 saturated heterocycles. The number of hydrogen-bond donors (Lipinski definition) is 2. The highest BCUT2D eigenvalue weighted by Crippen LogP contribution is 2.30. The van der Waals surface area contributed by atoms with Gasteiger partial charge in [-0.1, -0.05) is 6.92 Å². The highest BCUT2D eigenvalue weighted by Gasteiger charge is 2.33. The van der Waals surface area contributed by atoms with Crippen LogP contribution >= 0.6 is 0 Å². The smallest absolute Gasteiger partial charge is 0.261 e. The molecule has 0 aromatic heterocycles. The number of ether oxygens (including phenoxy) is 1. The molecular weight excluding hydrogens is 604 g/mol. The van der Waals surface area contributed by atoms with E-state index in [4.69, 9.17) is 4.74 Å². The molecule has 10 nitrogen and oxygen atoms in total. The molecule has 0 spiro atoms. The van der Waals surface area contributed by atoms with Crippen molar-refractivity contribution in [3.63, 3.8) is 0 Å². The molecule has 1 aliphatic rings. The number of sulfonamides is 2. The molecule has 43 heavy (non-hydrogen) atoms. The van der Waals surface area contributed by atoms with Crippen molar-refractivity contribution < 1.29 is 40.3 Å². The van der Waals surface area contributed by atoms with Crippen molar-refractivity contribution >= 4 is 31.6 Å². The third-order valence-corrected chi connectivity index (χ3v) is 10.5. The minimum Gasteiger partial charge on any atom is -0.488 e. The molecule has 0 saturated carbocycles. The molecule has 14 heteroatoms. The molecule has 1 aliphatic heterocycles. The molecule has 3 aromatic carbocycles. The number of anilines is 1. The summed E-state index contributed by atoms with van der Waals surface area (Å²) in [6.07, 6.45) is -0.963. The van der Waals surface area contributed by atoms with E-state index in [0.717, 1.165) is 40.7 Å². The average Bonchev–Trinajstić information content (AvgIpc) is 3.00. The third kappa shape index (κ3) is 7.50. The summed E-state index contributed by atoms with van der Waals surface area (Å²) < 4.78 is 88.8. The van der Waals surface area contributed by atoms with Crippen LogP contribution in [0.2, 0.25) is 0 Å². The maximum absolute atomic E-state index is 13.4. The Morgan fingerprint density at radius 3 is 2.16 bits per heavy atom. The predicted molar refractivity (Wildman–Crippen MR) is 155 cm³/mol. The van der Waals surface area contributed by atoms with Crippen LogP contribution in [0.5, 0.6) is 5.75 Å². The molecular formula is C29H33F2N3O7S2. The number of benzene rings is 3. The van der Waals surface area contributed by atoms with Crippen LogP contribution in [0.3, 0.4) is 0 Å². The number of hydrogen-bond acceptors (Lipinski definition) is 7. The number of aliphatic hydroxyl groups is 1. The van der Waals surface area contributed by atoms with Crippen LogP contribution in [-0.2, 0) is 31.3 Å². The van der Waals surface area contributed by atoms with Crippen molar-refractivity contribution in [2.75, 3.05) is 31.5 Å². The van der Waals surface area contributed by atoms with Crippen molar-refractivity contribution in [2.24, 2.45) is 5.92 Å². The summed E-state index contributed by atoms with van der Waals surface area (Å²) in [7, 11) is -6.74. The van der Waals surface area contributed by atoms with Gasteiger partial charge in [0.05, 0.1) is 35.4 Å². The number of rotatable bonds is 9. The summed E-state index contributed by atoms with van der Waals surface area (Å²) in [5.74, 6) is -1.67.